The minimum Gasteiger partial charge on any atom is -0.381 e. The number of amides is 1. The summed E-state index contributed by atoms with van der Waals surface area (Å²) in [7, 11) is 1.76. The molecular formula is C29H30F2N4O2S. The maximum Gasteiger partial charge on any atom is 0.227 e. The number of rotatable bonds is 5. The Morgan fingerprint density at radius 2 is 1.87 bits per heavy atom. The van der Waals surface area contributed by atoms with E-state index in [1.807, 2.05) is 19.2 Å². The molecule has 0 unspecified atom stereocenters. The predicted molar refractivity (Wildman–Crippen MR) is 144 cm³/mol. The zero-order valence-corrected chi connectivity index (χ0v) is 22.5. The SMILES string of the molecule is COC1CCC(n2c([C@@]3(C)CCC(=O)N3c3ccc(F)c(F)c3)nc3cc(-c4csnc4C)ccc32)CC1. The van der Waals surface area contributed by atoms with Gasteiger partial charge in [0.15, 0.2) is 11.6 Å². The number of benzene rings is 2. The zero-order chi connectivity index (χ0) is 26.6. The molecule has 1 saturated heterocycles. The number of aryl methyl sites for hydroxylation is 1. The van der Waals surface area contributed by atoms with E-state index in [4.69, 9.17) is 9.72 Å². The van der Waals surface area contributed by atoms with E-state index in [2.05, 4.69) is 27.1 Å². The van der Waals surface area contributed by atoms with Crippen LogP contribution in [0.15, 0.2) is 41.8 Å². The maximum absolute atomic E-state index is 14.3. The summed E-state index contributed by atoms with van der Waals surface area (Å²) in [5.74, 6) is -1.25. The Bertz CT molecular complexity index is 1520. The topological polar surface area (TPSA) is 60.2 Å². The first-order chi connectivity index (χ1) is 18.3. The third-order valence-electron chi connectivity index (χ3n) is 8.30. The fraction of sp³-hybridized carbons (Fsp3) is 0.414. The monoisotopic (exact) mass is 536 g/mol. The van der Waals surface area contributed by atoms with Gasteiger partial charge in [-0.1, -0.05) is 6.07 Å². The summed E-state index contributed by atoms with van der Waals surface area (Å²) in [6.45, 7) is 3.99. The number of hydrogen-bond acceptors (Lipinski definition) is 5. The summed E-state index contributed by atoms with van der Waals surface area (Å²) >= 11 is 1.43. The predicted octanol–water partition coefficient (Wildman–Crippen LogP) is 6.92. The molecule has 2 fully saturated rings. The van der Waals surface area contributed by atoms with Crippen molar-refractivity contribution in [2.75, 3.05) is 12.0 Å². The Hall–Kier alpha value is -3.17. The molecule has 1 aliphatic heterocycles. The molecule has 4 aromatic rings. The summed E-state index contributed by atoms with van der Waals surface area (Å²) in [5.41, 5.74) is 4.49. The van der Waals surface area contributed by atoms with Gasteiger partial charge in [0.25, 0.3) is 0 Å². The number of carbonyl (C=O) groups is 1. The number of fused-ring (bicyclic) bond motifs is 1. The molecule has 1 amide bonds. The van der Waals surface area contributed by atoms with Gasteiger partial charge in [0.1, 0.15) is 11.4 Å². The molecule has 0 bridgehead atoms. The van der Waals surface area contributed by atoms with Crippen molar-refractivity contribution >= 4 is 34.2 Å². The average molecular weight is 537 g/mol. The Balaban J connectivity index is 1.52. The summed E-state index contributed by atoms with van der Waals surface area (Å²) in [6.07, 6.45) is 4.83. The number of carbonyl (C=O) groups excluding carboxylic acids is 1. The van der Waals surface area contributed by atoms with E-state index in [0.29, 0.717) is 18.5 Å². The van der Waals surface area contributed by atoms with Gasteiger partial charge in [-0.25, -0.2) is 13.8 Å². The smallest absolute Gasteiger partial charge is 0.227 e. The molecule has 0 N–H and O–H groups in total. The number of methoxy groups -OCH3 is 1. The van der Waals surface area contributed by atoms with Crippen molar-refractivity contribution < 1.29 is 18.3 Å². The molecule has 198 valence electrons. The summed E-state index contributed by atoms with van der Waals surface area (Å²) in [5, 5.41) is 2.04. The van der Waals surface area contributed by atoms with Crippen LogP contribution in [0.2, 0.25) is 0 Å². The van der Waals surface area contributed by atoms with Crippen LogP contribution >= 0.6 is 11.5 Å². The number of imidazole rings is 1. The number of halogens is 2. The lowest BCUT2D eigenvalue weighted by Gasteiger charge is -2.38. The van der Waals surface area contributed by atoms with E-state index in [-0.39, 0.29) is 18.1 Å². The van der Waals surface area contributed by atoms with Crippen molar-refractivity contribution in [2.45, 2.75) is 70.1 Å². The Morgan fingerprint density at radius 3 is 2.55 bits per heavy atom. The number of anilines is 1. The molecule has 2 aromatic heterocycles. The minimum absolute atomic E-state index is 0.124. The lowest BCUT2D eigenvalue weighted by molar-refractivity contribution is -0.117. The third kappa shape index (κ3) is 4.03. The summed E-state index contributed by atoms with van der Waals surface area (Å²) < 4.78 is 40.4. The van der Waals surface area contributed by atoms with E-state index < -0.39 is 17.2 Å². The molecule has 6 rings (SSSR count). The van der Waals surface area contributed by atoms with Gasteiger partial charge in [-0.2, -0.15) is 4.37 Å². The average Bonchev–Trinajstić information content (AvgIpc) is 3.61. The van der Waals surface area contributed by atoms with Gasteiger partial charge in [-0.15, -0.1) is 0 Å². The Morgan fingerprint density at radius 1 is 1.08 bits per heavy atom. The number of hydrogen-bond donors (Lipinski definition) is 0. The number of ether oxygens (including phenoxy) is 1. The molecule has 1 atom stereocenters. The second-order valence-electron chi connectivity index (χ2n) is 10.6. The van der Waals surface area contributed by atoms with Crippen LogP contribution in [0, 0.1) is 18.6 Å². The van der Waals surface area contributed by atoms with Crippen molar-refractivity contribution in [1.82, 2.24) is 13.9 Å². The van der Waals surface area contributed by atoms with Crippen LogP contribution in [0.5, 0.6) is 0 Å². The van der Waals surface area contributed by atoms with Gasteiger partial charge in [-0.3, -0.25) is 9.69 Å². The summed E-state index contributed by atoms with van der Waals surface area (Å²) in [4.78, 5) is 20.0. The van der Waals surface area contributed by atoms with Crippen LogP contribution in [0.4, 0.5) is 14.5 Å². The lowest BCUT2D eigenvalue weighted by Crippen LogP contribution is -2.44. The van der Waals surface area contributed by atoms with E-state index in [0.717, 1.165) is 71.5 Å². The molecule has 1 saturated carbocycles. The largest absolute Gasteiger partial charge is 0.381 e. The van der Waals surface area contributed by atoms with Crippen molar-refractivity contribution in [3.63, 3.8) is 0 Å². The molecular weight excluding hydrogens is 506 g/mol. The highest BCUT2D eigenvalue weighted by Crippen LogP contribution is 2.46. The highest BCUT2D eigenvalue weighted by molar-refractivity contribution is 7.04. The van der Waals surface area contributed by atoms with Crippen LogP contribution in [0.25, 0.3) is 22.2 Å². The molecule has 6 nitrogen and oxygen atoms in total. The van der Waals surface area contributed by atoms with Crippen LogP contribution in [0.3, 0.4) is 0 Å². The van der Waals surface area contributed by atoms with Gasteiger partial charge in [0.05, 0.1) is 22.8 Å². The molecule has 0 radical (unpaired) electrons. The maximum atomic E-state index is 14.3. The van der Waals surface area contributed by atoms with Crippen molar-refractivity contribution in [1.29, 1.82) is 0 Å². The Labute approximate surface area is 224 Å². The van der Waals surface area contributed by atoms with Gasteiger partial charge >= 0.3 is 0 Å². The minimum atomic E-state index is -0.972. The lowest BCUT2D eigenvalue weighted by atomic mass is 9.90. The molecule has 9 heteroatoms. The second-order valence-corrected chi connectivity index (χ2v) is 11.2. The van der Waals surface area contributed by atoms with Gasteiger partial charge in [0, 0.05) is 42.3 Å². The molecule has 3 heterocycles. The van der Waals surface area contributed by atoms with Gasteiger partial charge in [-0.05, 0) is 87.3 Å². The first-order valence-electron chi connectivity index (χ1n) is 13.0. The zero-order valence-electron chi connectivity index (χ0n) is 21.7. The van der Waals surface area contributed by atoms with Gasteiger partial charge in [0.2, 0.25) is 5.91 Å². The molecule has 38 heavy (non-hydrogen) atoms. The van der Waals surface area contributed by atoms with E-state index in [9.17, 15) is 13.6 Å². The standard InChI is InChI=1S/C29H30F2N4O2S/c1-17-22(16-38-33-17)18-4-11-26-25(14-18)32-28(34(26)19-5-8-21(37-3)9-6-19)29(2)13-12-27(36)35(29)20-7-10-23(30)24(31)15-20/h4,7,10-11,14-16,19,21H,5-6,8-9,12-13H2,1-3H3/t19?,21?,29-/m1/s1. The van der Waals surface area contributed by atoms with Crippen LogP contribution in [-0.2, 0) is 15.1 Å². The molecule has 2 aromatic carbocycles. The number of nitrogens with zero attached hydrogens (tertiary/aromatic N) is 4. The van der Waals surface area contributed by atoms with Crippen LogP contribution < -0.4 is 4.90 Å². The normalized spacial score (nSPS) is 24.0. The highest BCUT2D eigenvalue weighted by atomic mass is 32.1. The second kappa shape index (κ2) is 9.54. The third-order valence-corrected chi connectivity index (χ3v) is 9.02. The summed E-state index contributed by atoms with van der Waals surface area (Å²) in [6, 6.07) is 10.2. The fourth-order valence-electron chi connectivity index (χ4n) is 6.24. The van der Waals surface area contributed by atoms with E-state index in [1.165, 1.54) is 17.6 Å². The van der Waals surface area contributed by atoms with Crippen LogP contribution in [0.1, 0.15) is 63.0 Å². The van der Waals surface area contributed by atoms with Crippen molar-refractivity contribution in [3.05, 3.63) is 64.9 Å². The molecule has 0 spiro atoms. The van der Waals surface area contributed by atoms with E-state index >= 15 is 0 Å². The fourth-order valence-corrected chi connectivity index (χ4v) is 6.96. The first kappa shape index (κ1) is 25.1. The van der Waals surface area contributed by atoms with Crippen LogP contribution in [-0.4, -0.2) is 33.0 Å². The van der Waals surface area contributed by atoms with Crippen molar-refractivity contribution in [3.8, 4) is 11.1 Å². The number of aromatic nitrogens is 3. The molecule has 1 aliphatic carbocycles. The van der Waals surface area contributed by atoms with Gasteiger partial charge < -0.3 is 9.30 Å². The van der Waals surface area contributed by atoms with Crippen molar-refractivity contribution in [2.24, 2.45) is 0 Å². The first-order valence-corrected chi connectivity index (χ1v) is 13.9. The highest BCUT2D eigenvalue weighted by Gasteiger charge is 2.48. The Kier molecular flexibility index (Phi) is 6.31. The van der Waals surface area contributed by atoms with E-state index in [1.54, 1.807) is 12.0 Å². The molecule has 2 aliphatic rings. The quantitative estimate of drug-likeness (QED) is 0.278.